The molecule has 0 bridgehead atoms. The molecule has 0 aliphatic carbocycles. The molecule has 1 aromatic heterocycles. The Labute approximate surface area is 141 Å². The van der Waals surface area contributed by atoms with E-state index in [1.807, 2.05) is 37.3 Å². The quantitative estimate of drug-likeness (QED) is 0.618. The van der Waals surface area contributed by atoms with Crippen molar-refractivity contribution in [2.75, 3.05) is 0 Å². The van der Waals surface area contributed by atoms with Gasteiger partial charge in [0.2, 0.25) is 5.89 Å². The highest BCUT2D eigenvalue weighted by Gasteiger charge is 2.17. The smallest absolute Gasteiger partial charge is 0.257 e. The third-order valence-electron chi connectivity index (χ3n) is 3.01. The topological polar surface area (TPSA) is 48.2 Å². The first-order valence-electron chi connectivity index (χ1n) is 6.64. The van der Waals surface area contributed by atoms with E-state index in [0.29, 0.717) is 22.6 Å². The van der Waals surface area contributed by atoms with Gasteiger partial charge in [-0.1, -0.05) is 29.8 Å². The highest BCUT2D eigenvalue weighted by atomic mass is 79.9. The monoisotopic (exact) mass is 378 g/mol. The van der Waals surface area contributed by atoms with E-state index >= 15 is 0 Å². The molecule has 1 atom stereocenters. The molecule has 0 radical (unpaired) electrons. The van der Waals surface area contributed by atoms with Gasteiger partial charge in [-0.15, -0.1) is 10.2 Å². The summed E-state index contributed by atoms with van der Waals surface area (Å²) in [6, 6.07) is 14.9. The van der Waals surface area contributed by atoms with Gasteiger partial charge in [0.25, 0.3) is 5.89 Å². The summed E-state index contributed by atoms with van der Waals surface area (Å²) in [6.45, 7) is 1.85. The van der Waals surface area contributed by atoms with Crippen molar-refractivity contribution in [3.8, 4) is 17.2 Å². The molecule has 3 aromatic rings. The summed E-state index contributed by atoms with van der Waals surface area (Å²) < 4.78 is 12.3. The van der Waals surface area contributed by atoms with E-state index in [2.05, 4.69) is 26.1 Å². The Kier molecular flexibility index (Phi) is 4.45. The van der Waals surface area contributed by atoms with Crippen molar-refractivity contribution in [1.82, 2.24) is 10.2 Å². The second-order valence-electron chi connectivity index (χ2n) is 4.65. The maximum Gasteiger partial charge on any atom is 0.257 e. The van der Waals surface area contributed by atoms with Gasteiger partial charge in [-0.25, -0.2) is 0 Å². The van der Waals surface area contributed by atoms with Gasteiger partial charge >= 0.3 is 0 Å². The van der Waals surface area contributed by atoms with Crippen molar-refractivity contribution in [3.05, 3.63) is 63.9 Å². The van der Waals surface area contributed by atoms with Gasteiger partial charge in [0.05, 0.1) is 4.47 Å². The van der Waals surface area contributed by atoms with E-state index in [4.69, 9.17) is 20.8 Å². The number of halogens is 2. The van der Waals surface area contributed by atoms with E-state index in [9.17, 15) is 0 Å². The van der Waals surface area contributed by atoms with Crippen LogP contribution in [0.5, 0.6) is 5.75 Å². The molecule has 0 fully saturated rings. The van der Waals surface area contributed by atoms with Gasteiger partial charge in [0.1, 0.15) is 5.75 Å². The fraction of sp³-hybridized carbons (Fsp3) is 0.125. The summed E-state index contributed by atoms with van der Waals surface area (Å²) >= 11 is 9.33. The third-order valence-corrected chi connectivity index (χ3v) is 3.86. The lowest BCUT2D eigenvalue weighted by Gasteiger charge is -2.12. The SMILES string of the molecule is C[C@@H](Oc1ccc(Cl)cc1Br)c1nnc(-c2ccccc2)o1. The van der Waals surface area contributed by atoms with Crippen LogP contribution in [0.4, 0.5) is 0 Å². The Morgan fingerprint density at radius 1 is 1.14 bits per heavy atom. The van der Waals surface area contributed by atoms with Crippen LogP contribution in [0, 0.1) is 0 Å². The number of ether oxygens (including phenoxy) is 1. The standard InChI is InChI=1S/C16H12BrClN2O2/c1-10(21-14-8-7-12(18)9-13(14)17)15-19-20-16(22-15)11-5-3-2-4-6-11/h2-10H,1H3/t10-/m1/s1. The number of hydrogen-bond donors (Lipinski definition) is 0. The normalized spacial score (nSPS) is 12.1. The maximum absolute atomic E-state index is 5.92. The molecule has 2 aromatic carbocycles. The summed E-state index contributed by atoms with van der Waals surface area (Å²) in [4.78, 5) is 0. The molecular weight excluding hydrogens is 368 g/mol. The molecule has 0 N–H and O–H groups in total. The van der Waals surface area contributed by atoms with Crippen molar-refractivity contribution in [1.29, 1.82) is 0 Å². The van der Waals surface area contributed by atoms with Crippen LogP contribution < -0.4 is 4.74 Å². The van der Waals surface area contributed by atoms with Crippen LogP contribution in [0.3, 0.4) is 0 Å². The van der Waals surface area contributed by atoms with Crippen LogP contribution in [0.1, 0.15) is 18.9 Å². The second-order valence-corrected chi connectivity index (χ2v) is 5.94. The number of benzene rings is 2. The van der Waals surface area contributed by atoms with Gasteiger partial charge in [-0.3, -0.25) is 0 Å². The van der Waals surface area contributed by atoms with Crippen LogP contribution in [0.15, 0.2) is 57.4 Å². The van der Waals surface area contributed by atoms with Crippen molar-refractivity contribution >= 4 is 27.5 Å². The molecule has 0 saturated carbocycles. The van der Waals surface area contributed by atoms with Crippen molar-refractivity contribution in [2.45, 2.75) is 13.0 Å². The maximum atomic E-state index is 5.92. The summed E-state index contributed by atoms with van der Waals surface area (Å²) in [5.74, 6) is 1.55. The molecule has 112 valence electrons. The summed E-state index contributed by atoms with van der Waals surface area (Å²) in [7, 11) is 0. The first kappa shape index (κ1) is 15.1. The molecule has 0 saturated heterocycles. The first-order valence-corrected chi connectivity index (χ1v) is 7.81. The zero-order valence-corrected chi connectivity index (χ0v) is 14.0. The molecule has 0 aliphatic rings. The molecule has 1 heterocycles. The Morgan fingerprint density at radius 2 is 1.91 bits per heavy atom. The highest BCUT2D eigenvalue weighted by molar-refractivity contribution is 9.10. The van der Waals surface area contributed by atoms with Gasteiger partial charge in [0, 0.05) is 10.6 Å². The van der Waals surface area contributed by atoms with Gasteiger partial charge < -0.3 is 9.15 Å². The summed E-state index contributed by atoms with van der Waals surface area (Å²) in [6.07, 6.45) is -0.373. The molecule has 4 nitrogen and oxygen atoms in total. The Bertz CT molecular complexity index is 777. The second kappa shape index (κ2) is 6.50. The minimum Gasteiger partial charge on any atom is -0.480 e. The van der Waals surface area contributed by atoms with Crippen LogP contribution in [-0.4, -0.2) is 10.2 Å². The van der Waals surface area contributed by atoms with Gasteiger partial charge in [-0.05, 0) is 53.2 Å². The van der Waals surface area contributed by atoms with Crippen LogP contribution in [0.25, 0.3) is 11.5 Å². The van der Waals surface area contributed by atoms with Crippen LogP contribution in [0.2, 0.25) is 5.02 Å². The van der Waals surface area contributed by atoms with E-state index in [1.165, 1.54) is 0 Å². The highest BCUT2D eigenvalue weighted by Crippen LogP contribution is 2.31. The average Bonchev–Trinajstić information content (AvgIpc) is 3.01. The predicted octanol–water partition coefficient (Wildman–Crippen LogP) is 5.29. The van der Waals surface area contributed by atoms with Gasteiger partial charge in [-0.2, -0.15) is 0 Å². The molecular formula is C16H12BrClN2O2. The Balaban J connectivity index is 1.78. The summed E-state index contributed by atoms with van der Waals surface area (Å²) in [5, 5.41) is 8.74. The van der Waals surface area contributed by atoms with E-state index in [-0.39, 0.29) is 6.10 Å². The lowest BCUT2D eigenvalue weighted by Crippen LogP contribution is -2.03. The Morgan fingerprint density at radius 3 is 2.64 bits per heavy atom. The fourth-order valence-electron chi connectivity index (χ4n) is 1.91. The molecule has 0 spiro atoms. The third kappa shape index (κ3) is 3.31. The van der Waals surface area contributed by atoms with Crippen LogP contribution in [-0.2, 0) is 0 Å². The zero-order chi connectivity index (χ0) is 15.5. The molecule has 0 amide bonds. The molecule has 0 unspecified atom stereocenters. The number of hydrogen-bond acceptors (Lipinski definition) is 4. The first-order chi connectivity index (χ1) is 10.6. The number of aromatic nitrogens is 2. The van der Waals surface area contributed by atoms with Gasteiger partial charge in [0.15, 0.2) is 6.10 Å². The minimum absolute atomic E-state index is 0.373. The van der Waals surface area contributed by atoms with E-state index < -0.39 is 0 Å². The molecule has 6 heteroatoms. The fourth-order valence-corrected chi connectivity index (χ4v) is 2.68. The van der Waals surface area contributed by atoms with E-state index in [1.54, 1.807) is 18.2 Å². The van der Waals surface area contributed by atoms with Crippen molar-refractivity contribution in [2.24, 2.45) is 0 Å². The summed E-state index contributed by atoms with van der Waals surface area (Å²) in [5.41, 5.74) is 0.876. The lowest BCUT2D eigenvalue weighted by atomic mass is 10.2. The number of nitrogens with zero attached hydrogens (tertiary/aromatic N) is 2. The van der Waals surface area contributed by atoms with Crippen LogP contribution >= 0.6 is 27.5 Å². The van der Waals surface area contributed by atoms with Crippen molar-refractivity contribution < 1.29 is 9.15 Å². The predicted molar refractivity (Wildman–Crippen MR) is 87.9 cm³/mol. The zero-order valence-electron chi connectivity index (χ0n) is 11.7. The van der Waals surface area contributed by atoms with Crippen molar-refractivity contribution in [3.63, 3.8) is 0 Å². The Hall–Kier alpha value is -1.85. The largest absolute Gasteiger partial charge is 0.480 e. The minimum atomic E-state index is -0.373. The average molecular weight is 380 g/mol. The number of rotatable bonds is 4. The molecule has 3 rings (SSSR count). The lowest BCUT2D eigenvalue weighted by molar-refractivity contribution is 0.188. The molecule has 0 aliphatic heterocycles. The molecule has 22 heavy (non-hydrogen) atoms. The van der Waals surface area contributed by atoms with E-state index in [0.717, 1.165) is 10.0 Å².